The van der Waals surface area contributed by atoms with Crippen LogP contribution >= 0.6 is 11.3 Å². The van der Waals surface area contributed by atoms with Crippen LogP contribution in [0.2, 0.25) is 0 Å². The summed E-state index contributed by atoms with van der Waals surface area (Å²) in [5.74, 6) is -0.229. The third-order valence-electron chi connectivity index (χ3n) is 3.32. The molecule has 1 amide bonds. The number of rotatable bonds is 6. The molecule has 0 saturated carbocycles. The Balaban J connectivity index is 2.03. The topological polar surface area (TPSA) is 55.1 Å². The van der Waals surface area contributed by atoms with E-state index in [0.29, 0.717) is 12.5 Å². The van der Waals surface area contributed by atoms with Crippen LogP contribution in [0, 0.1) is 6.92 Å². The molecule has 0 aliphatic carbocycles. The largest absolute Gasteiger partial charge is 0.370 e. The van der Waals surface area contributed by atoms with Crippen LogP contribution in [0.15, 0.2) is 24.3 Å². The van der Waals surface area contributed by atoms with E-state index in [-0.39, 0.29) is 5.91 Å². The molecule has 0 bridgehead atoms. The molecule has 1 heterocycles. The lowest BCUT2D eigenvalue weighted by molar-refractivity contribution is -0.118. The highest BCUT2D eigenvalue weighted by atomic mass is 32.1. The predicted octanol–water partition coefficient (Wildman–Crippen LogP) is 3.13. The SMILES string of the molecule is Cc1c(C(C)NCCCC(N)=O)sc2ccccc12. The van der Waals surface area contributed by atoms with Gasteiger partial charge in [0.1, 0.15) is 0 Å². The van der Waals surface area contributed by atoms with E-state index in [1.807, 2.05) is 11.3 Å². The van der Waals surface area contributed by atoms with Gasteiger partial charge in [0.15, 0.2) is 0 Å². The van der Waals surface area contributed by atoms with Crippen molar-refractivity contribution in [1.82, 2.24) is 5.32 Å². The molecule has 2 rings (SSSR count). The number of benzene rings is 1. The number of aryl methyl sites for hydroxylation is 1. The average molecular weight is 276 g/mol. The highest BCUT2D eigenvalue weighted by Gasteiger charge is 2.13. The highest BCUT2D eigenvalue weighted by Crippen LogP contribution is 2.34. The zero-order chi connectivity index (χ0) is 13.8. The molecule has 0 spiro atoms. The van der Waals surface area contributed by atoms with Crippen LogP contribution in [0.4, 0.5) is 0 Å². The number of fused-ring (bicyclic) bond motifs is 1. The smallest absolute Gasteiger partial charge is 0.217 e. The minimum atomic E-state index is -0.229. The van der Waals surface area contributed by atoms with Crippen LogP contribution in [0.1, 0.15) is 36.2 Å². The summed E-state index contributed by atoms with van der Waals surface area (Å²) in [6.07, 6.45) is 1.24. The van der Waals surface area contributed by atoms with Crippen LogP contribution in [0.25, 0.3) is 10.1 Å². The molecule has 0 radical (unpaired) electrons. The second kappa shape index (κ2) is 6.17. The zero-order valence-electron chi connectivity index (χ0n) is 11.4. The molecular weight excluding hydrogens is 256 g/mol. The van der Waals surface area contributed by atoms with Crippen molar-refractivity contribution in [3.8, 4) is 0 Å². The maximum Gasteiger partial charge on any atom is 0.217 e. The van der Waals surface area contributed by atoms with E-state index in [2.05, 4.69) is 43.4 Å². The lowest BCUT2D eigenvalue weighted by Crippen LogP contribution is -2.21. The first-order valence-corrected chi connectivity index (χ1v) is 7.41. The van der Waals surface area contributed by atoms with Crippen molar-refractivity contribution in [1.29, 1.82) is 0 Å². The van der Waals surface area contributed by atoms with Crippen molar-refractivity contribution in [3.63, 3.8) is 0 Å². The Morgan fingerprint density at radius 1 is 1.42 bits per heavy atom. The van der Waals surface area contributed by atoms with Gasteiger partial charge in [0.05, 0.1) is 0 Å². The molecule has 0 aliphatic heterocycles. The van der Waals surface area contributed by atoms with Gasteiger partial charge in [-0.25, -0.2) is 0 Å². The molecule has 0 fully saturated rings. The summed E-state index contributed by atoms with van der Waals surface area (Å²) in [5, 5.41) is 4.80. The van der Waals surface area contributed by atoms with E-state index in [9.17, 15) is 4.79 Å². The van der Waals surface area contributed by atoms with E-state index in [1.165, 1.54) is 20.5 Å². The molecule has 1 atom stereocenters. The number of hydrogen-bond acceptors (Lipinski definition) is 3. The fourth-order valence-corrected chi connectivity index (χ4v) is 3.52. The number of thiophene rings is 1. The Kier molecular flexibility index (Phi) is 4.56. The number of carbonyl (C=O) groups is 1. The molecular formula is C15H20N2OS. The van der Waals surface area contributed by atoms with Crippen molar-refractivity contribution < 1.29 is 4.79 Å². The molecule has 1 unspecified atom stereocenters. The number of nitrogens with two attached hydrogens (primary N) is 1. The van der Waals surface area contributed by atoms with Gasteiger partial charge in [0.25, 0.3) is 0 Å². The van der Waals surface area contributed by atoms with Crippen LogP contribution in [-0.2, 0) is 4.79 Å². The van der Waals surface area contributed by atoms with Crippen LogP contribution in [-0.4, -0.2) is 12.5 Å². The van der Waals surface area contributed by atoms with Gasteiger partial charge in [0, 0.05) is 22.0 Å². The summed E-state index contributed by atoms with van der Waals surface area (Å²) in [4.78, 5) is 12.1. The van der Waals surface area contributed by atoms with E-state index >= 15 is 0 Å². The van der Waals surface area contributed by atoms with Gasteiger partial charge in [-0.05, 0) is 43.8 Å². The predicted molar refractivity (Wildman–Crippen MR) is 81.4 cm³/mol. The maximum absolute atomic E-state index is 10.7. The molecule has 1 aromatic carbocycles. The highest BCUT2D eigenvalue weighted by molar-refractivity contribution is 7.19. The monoisotopic (exact) mass is 276 g/mol. The third kappa shape index (κ3) is 3.33. The van der Waals surface area contributed by atoms with Crippen LogP contribution in [0.3, 0.4) is 0 Å². The molecule has 1 aromatic heterocycles. The lowest BCUT2D eigenvalue weighted by Gasteiger charge is -2.13. The van der Waals surface area contributed by atoms with Crippen molar-refractivity contribution in [2.24, 2.45) is 5.73 Å². The quantitative estimate of drug-likeness (QED) is 0.796. The number of hydrogen-bond donors (Lipinski definition) is 2. The summed E-state index contributed by atoms with van der Waals surface area (Å²) in [6, 6.07) is 8.80. The summed E-state index contributed by atoms with van der Waals surface area (Å²) in [6.45, 7) is 5.16. The molecule has 3 N–H and O–H groups in total. The van der Waals surface area contributed by atoms with Gasteiger partial charge in [-0.3, -0.25) is 4.79 Å². The van der Waals surface area contributed by atoms with Gasteiger partial charge in [0.2, 0.25) is 5.91 Å². The number of carbonyl (C=O) groups excluding carboxylic acids is 1. The second-order valence-electron chi connectivity index (χ2n) is 4.83. The van der Waals surface area contributed by atoms with Gasteiger partial charge in [-0.1, -0.05) is 18.2 Å². The number of nitrogens with one attached hydrogen (secondary N) is 1. The van der Waals surface area contributed by atoms with Gasteiger partial charge in [-0.2, -0.15) is 0 Å². The van der Waals surface area contributed by atoms with E-state index in [1.54, 1.807) is 0 Å². The first-order valence-electron chi connectivity index (χ1n) is 6.59. The van der Waals surface area contributed by atoms with Crippen molar-refractivity contribution in [2.45, 2.75) is 32.7 Å². The zero-order valence-corrected chi connectivity index (χ0v) is 12.2. The van der Waals surface area contributed by atoms with Gasteiger partial charge >= 0.3 is 0 Å². The minimum absolute atomic E-state index is 0.229. The van der Waals surface area contributed by atoms with Crippen molar-refractivity contribution in [3.05, 3.63) is 34.7 Å². The molecule has 2 aromatic rings. The standard InChI is InChI=1S/C15H20N2OS/c1-10-12-6-3-4-7-13(12)19-15(10)11(2)17-9-5-8-14(16)18/h3-4,6-7,11,17H,5,8-9H2,1-2H3,(H2,16,18). The second-order valence-corrected chi connectivity index (χ2v) is 5.92. The first-order chi connectivity index (χ1) is 9.09. The van der Waals surface area contributed by atoms with Crippen molar-refractivity contribution >= 4 is 27.3 Å². The summed E-state index contributed by atoms with van der Waals surface area (Å²) in [5.41, 5.74) is 6.49. The normalized spacial score (nSPS) is 12.7. The number of primary amides is 1. The van der Waals surface area contributed by atoms with Gasteiger partial charge in [-0.15, -0.1) is 11.3 Å². The van der Waals surface area contributed by atoms with Crippen LogP contribution < -0.4 is 11.1 Å². The molecule has 102 valence electrons. The summed E-state index contributed by atoms with van der Waals surface area (Å²) >= 11 is 1.84. The molecule has 0 saturated heterocycles. The fourth-order valence-electron chi connectivity index (χ4n) is 2.28. The molecule has 19 heavy (non-hydrogen) atoms. The summed E-state index contributed by atoms with van der Waals surface area (Å²) in [7, 11) is 0. The molecule has 4 heteroatoms. The fraction of sp³-hybridized carbons (Fsp3) is 0.400. The Labute approximate surface area is 117 Å². The van der Waals surface area contributed by atoms with Crippen LogP contribution in [0.5, 0.6) is 0 Å². The average Bonchev–Trinajstić information content (AvgIpc) is 2.72. The Morgan fingerprint density at radius 2 is 2.16 bits per heavy atom. The maximum atomic E-state index is 10.7. The lowest BCUT2D eigenvalue weighted by atomic mass is 10.1. The Bertz CT molecular complexity index is 577. The van der Waals surface area contributed by atoms with Crippen molar-refractivity contribution in [2.75, 3.05) is 6.54 Å². The summed E-state index contributed by atoms with van der Waals surface area (Å²) < 4.78 is 1.33. The molecule has 0 aliphatic rings. The number of amides is 1. The first kappa shape index (κ1) is 14.0. The Morgan fingerprint density at radius 3 is 2.84 bits per heavy atom. The molecule has 3 nitrogen and oxygen atoms in total. The minimum Gasteiger partial charge on any atom is -0.370 e. The van der Waals surface area contributed by atoms with E-state index < -0.39 is 0 Å². The third-order valence-corrected chi connectivity index (χ3v) is 4.78. The van der Waals surface area contributed by atoms with Gasteiger partial charge < -0.3 is 11.1 Å². The van der Waals surface area contributed by atoms with E-state index in [4.69, 9.17) is 5.73 Å². The van der Waals surface area contributed by atoms with E-state index in [0.717, 1.165) is 13.0 Å². The Hall–Kier alpha value is -1.39.